The molecule has 2 nitrogen and oxygen atoms in total. The molecule has 2 aromatic carbocycles. The molecule has 2 rings (SSSR count). The van der Waals surface area contributed by atoms with E-state index in [2.05, 4.69) is 31.9 Å². The van der Waals surface area contributed by atoms with Crippen LogP contribution in [0.1, 0.15) is 27.0 Å². The Morgan fingerprint density at radius 1 is 0.947 bits per heavy atom. The lowest BCUT2D eigenvalue weighted by atomic mass is 9.98. The highest BCUT2D eigenvalue weighted by atomic mass is 79.9. The van der Waals surface area contributed by atoms with Crippen LogP contribution in [0.2, 0.25) is 0 Å². The molecule has 0 unspecified atom stereocenters. The van der Waals surface area contributed by atoms with E-state index in [0.717, 1.165) is 20.1 Å². The number of ketones is 1. The third-order valence-electron chi connectivity index (χ3n) is 2.99. The fraction of sp³-hybridized carbons (Fsp3) is 0.133. The van der Waals surface area contributed by atoms with Crippen LogP contribution in [0.15, 0.2) is 39.3 Å². The number of halogens is 2. The van der Waals surface area contributed by atoms with E-state index in [1.807, 2.05) is 32.0 Å². The zero-order valence-corrected chi connectivity index (χ0v) is 13.8. The van der Waals surface area contributed by atoms with Gasteiger partial charge in [0.1, 0.15) is 0 Å². The van der Waals surface area contributed by atoms with Crippen molar-refractivity contribution in [3.05, 3.63) is 61.5 Å². The topological polar surface area (TPSA) is 43.1 Å². The molecule has 0 saturated carbocycles. The van der Waals surface area contributed by atoms with Crippen LogP contribution >= 0.6 is 31.9 Å². The lowest BCUT2D eigenvalue weighted by molar-refractivity contribution is 0.103. The van der Waals surface area contributed by atoms with Gasteiger partial charge < -0.3 is 5.73 Å². The summed E-state index contributed by atoms with van der Waals surface area (Å²) in [5, 5.41) is 0. The second-order valence-corrected chi connectivity index (χ2v) is 6.19. The molecular formula is C15H13Br2NO. The third kappa shape index (κ3) is 2.90. The van der Waals surface area contributed by atoms with Gasteiger partial charge in [-0.05, 0) is 55.3 Å². The standard InChI is InChI=1S/C15H13Br2NO/c1-8-5-10(18)3-4-11(8)15(19)12-7-13(16)9(2)6-14(12)17/h3-7H,18H2,1-2H3. The van der Waals surface area contributed by atoms with Gasteiger partial charge in [0, 0.05) is 25.8 Å². The number of nitrogen functional groups attached to an aromatic ring is 1. The zero-order chi connectivity index (χ0) is 14.2. The maximum Gasteiger partial charge on any atom is 0.194 e. The molecule has 0 radical (unpaired) electrons. The van der Waals surface area contributed by atoms with E-state index < -0.39 is 0 Å². The van der Waals surface area contributed by atoms with E-state index in [-0.39, 0.29) is 5.78 Å². The first-order valence-corrected chi connectivity index (χ1v) is 7.35. The molecule has 19 heavy (non-hydrogen) atoms. The van der Waals surface area contributed by atoms with Crippen LogP contribution in [-0.2, 0) is 0 Å². The monoisotopic (exact) mass is 381 g/mol. The zero-order valence-electron chi connectivity index (χ0n) is 10.6. The van der Waals surface area contributed by atoms with Gasteiger partial charge in [-0.2, -0.15) is 0 Å². The van der Waals surface area contributed by atoms with Crippen molar-refractivity contribution in [3.8, 4) is 0 Å². The molecule has 0 amide bonds. The number of hydrogen-bond donors (Lipinski definition) is 1. The minimum absolute atomic E-state index is 0.00919. The number of rotatable bonds is 2. The largest absolute Gasteiger partial charge is 0.399 e. The van der Waals surface area contributed by atoms with E-state index in [1.54, 1.807) is 12.1 Å². The van der Waals surface area contributed by atoms with Gasteiger partial charge in [-0.15, -0.1) is 0 Å². The Bertz CT molecular complexity index is 665. The van der Waals surface area contributed by atoms with Crippen LogP contribution in [0, 0.1) is 13.8 Å². The number of carbonyl (C=O) groups excluding carboxylic acids is 1. The van der Waals surface area contributed by atoms with Crippen molar-refractivity contribution in [1.29, 1.82) is 0 Å². The number of anilines is 1. The molecule has 0 atom stereocenters. The normalized spacial score (nSPS) is 10.5. The van der Waals surface area contributed by atoms with Gasteiger partial charge in [-0.1, -0.05) is 31.9 Å². The summed E-state index contributed by atoms with van der Waals surface area (Å²) in [4.78, 5) is 12.6. The average molecular weight is 383 g/mol. The highest BCUT2D eigenvalue weighted by Gasteiger charge is 2.16. The summed E-state index contributed by atoms with van der Waals surface area (Å²) < 4.78 is 1.72. The second-order valence-electron chi connectivity index (χ2n) is 4.48. The van der Waals surface area contributed by atoms with Crippen molar-refractivity contribution in [2.24, 2.45) is 0 Å². The van der Waals surface area contributed by atoms with E-state index in [9.17, 15) is 4.79 Å². The van der Waals surface area contributed by atoms with Gasteiger partial charge in [0.25, 0.3) is 0 Å². The average Bonchev–Trinajstić information content (AvgIpc) is 2.33. The molecule has 0 aliphatic heterocycles. The lowest BCUT2D eigenvalue weighted by Crippen LogP contribution is -2.05. The number of aryl methyl sites for hydroxylation is 2. The first-order valence-electron chi connectivity index (χ1n) is 5.76. The summed E-state index contributed by atoms with van der Waals surface area (Å²) in [7, 11) is 0. The van der Waals surface area contributed by atoms with E-state index >= 15 is 0 Å². The molecule has 0 spiro atoms. The van der Waals surface area contributed by atoms with Crippen molar-refractivity contribution in [2.45, 2.75) is 13.8 Å². The Kier molecular flexibility index (Phi) is 4.11. The first-order chi connectivity index (χ1) is 8.90. The Morgan fingerprint density at radius 3 is 2.26 bits per heavy atom. The van der Waals surface area contributed by atoms with Gasteiger partial charge in [0.2, 0.25) is 0 Å². The van der Waals surface area contributed by atoms with Crippen LogP contribution in [0.4, 0.5) is 5.69 Å². The molecule has 2 N–H and O–H groups in total. The van der Waals surface area contributed by atoms with Gasteiger partial charge in [-0.25, -0.2) is 0 Å². The van der Waals surface area contributed by atoms with Crippen LogP contribution in [0.5, 0.6) is 0 Å². The predicted molar refractivity (Wildman–Crippen MR) is 85.6 cm³/mol. The van der Waals surface area contributed by atoms with E-state index in [0.29, 0.717) is 16.8 Å². The van der Waals surface area contributed by atoms with Crippen LogP contribution in [0.25, 0.3) is 0 Å². The minimum atomic E-state index is -0.00919. The summed E-state index contributed by atoms with van der Waals surface area (Å²) in [5.74, 6) is -0.00919. The fourth-order valence-electron chi connectivity index (χ4n) is 1.91. The SMILES string of the molecule is Cc1cc(Br)c(C(=O)c2ccc(N)cc2C)cc1Br. The molecule has 0 heterocycles. The molecule has 0 saturated heterocycles. The molecule has 0 bridgehead atoms. The highest BCUT2D eigenvalue weighted by Crippen LogP contribution is 2.28. The van der Waals surface area contributed by atoms with Crippen molar-refractivity contribution in [1.82, 2.24) is 0 Å². The number of benzene rings is 2. The van der Waals surface area contributed by atoms with Gasteiger partial charge in [0.15, 0.2) is 5.78 Å². The summed E-state index contributed by atoms with van der Waals surface area (Å²) in [6.45, 7) is 3.87. The van der Waals surface area contributed by atoms with Crippen molar-refractivity contribution >= 4 is 43.3 Å². The summed E-state index contributed by atoms with van der Waals surface area (Å²) in [6, 6.07) is 9.11. The molecule has 0 aliphatic rings. The van der Waals surface area contributed by atoms with Crippen molar-refractivity contribution in [3.63, 3.8) is 0 Å². The molecular weight excluding hydrogens is 370 g/mol. The van der Waals surface area contributed by atoms with Gasteiger partial charge >= 0.3 is 0 Å². The second kappa shape index (κ2) is 5.47. The molecule has 0 aromatic heterocycles. The van der Waals surface area contributed by atoms with Crippen molar-refractivity contribution in [2.75, 3.05) is 5.73 Å². The van der Waals surface area contributed by atoms with Crippen LogP contribution in [-0.4, -0.2) is 5.78 Å². The minimum Gasteiger partial charge on any atom is -0.399 e. The molecule has 4 heteroatoms. The first kappa shape index (κ1) is 14.3. The predicted octanol–water partition coefficient (Wildman–Crippen LogP) is 4.64. The fourth-order valence-corrected chi connectivity index (χ4v) is 2.89. The number of carbonyl (C=O) groups is 1. The molecule has 98 valence electrons. The van der Waals surface area contributed by atoms with Crippen LogP contribution < -0.4 is 5.73 Å². The Hall–Kier alpha value is -1.13. The number of nitrogens with two attached hydrogens (primary N) is 1. The van der Waals surface area contributed by atoms with E-state index in [1.165, 1.54) is 0 Å². The molecule has 2 aromatic rings. The van der Waals surface area contributed by atoms with Gasteiger partial charge in [0.05, 0.1) is 0 Å². The number of hydrogen-bond acceptors (Lipinski definition) is 2. The molecule has 0 aliphatic carbocycles. The summed E-state index contributed by atoms with van der Waals surface area (Å²) >= 11 is 6.91. The van der Waals surface area contributed by atoms with Crippen LogP contribution in [0.3, 0.4) is 0 Å². The highest BCUT2D eigenvalue weighted by molar-refractivity contribution is 9.11. The Labute approximate surface area is 129 Å². The summed E-state index contributed by atoms with van der Waals surface area (Å²) in [6.07, 6.45) is 0. The molecule has 0 fully saturated rings. The maximum absolute atomic E-state index is 12.6. The maximum atomic E-state index is 12.6. The Balaban J connectivity index is 2.53. The summed E-state index contributed by atoms with van der Waals surface area (Å²) in [5.41, 5.74) is 9.66. The Morgan fingerprint density at radius 2 is 1.63 bits per heavy atom. The van der Waals surface area contributed by atoms with Crippen molar-refractivity contribution < 1.29 is 4.79 Å². The smallest absolute Gasteiger partial charge is 0.194 e. The van der Waals surface area contributed by atoms with Gasteiger partial charge in [-0.3, -0.25) is 4.79 Å². The lowest BCUT2D eigenvalue weighted by Gasteiger charge is -2.09. The third-order valence-corrected chi connectivity index (χ3v) is 4.50. The quantitative estimate of drug-likeness (QED) is 0.607. The van der Waals surface area contributed by atoms with E-state index in [4.69, 9.17) is 5.73 Å².